The van der Waals surface area contributed by atoms with Gasteiger partial charge in [-0.1, -0.05) is 0 Å². The maximum Gasteiger partial charge on any atom is 0.354 e. The summed E-state index contributed by atoms with van der Waals surface area (Å²) in [5.74, 6) is -1.59. The Morgan fingerprint density at radius 2 is 2.09 bits per heavy atom. The zero-order valence-electron chi connectivity index (χ0n) is 12.4. The van der Waals surface area contributed by atoms with Gasteiger partial charge in [-0.3, -0.25) is 4.79 Å². The lowest BCUT2D eigenvalue weighted by Gasteiger charge is -2.13. The second kappa shape index (κ2) is 7.38. The Kier molecular flexibility index (Phi) is 6.09. The lowest BCUT2D eigenvalue weighted by atomic mass is 10.3. The summed E-state index contributed by atoms with van der Waals surface area (Å²) >= 11 is 0. The topological polar surface area (TPSA) is 124 Å². The first-order valence-corrected chi connectivity index (χ1v) is 7.79. The predicted molar refractivity (Wildman–Crippen MR) is 74.6 cm³/mol. The van der Waals surface area contributed by atoms with Crippen molar-refractivity contribution in [3.63, 3.8) is 0 Å². The quantitative estimate of drug-likeness (QED) is 0.614. The van der Waals surface area contributed by atoms with Crippen LogP contribution in [0.5, 0.6) is 0 Å². The zero-order chi connectivity index (χ0) is 16.9. The number of hydrogen-bond donors (Lipinski definition) is 2. The molecule has 10 heteroatoms. The fraction of sp³-hybridized carbons (Fsp3) is 0.500. The monoisotopic (exact) mass is 334 g/mol. The van der Waals surface area contributed by atoms with E-state index in [1.807, 2.05) is 4.72 Å². The number of esters is 2. The van der Waals surface area contributed by atoms with E-state index in [4.69, 9.17) is 9.84 Å². The molecule has 0 saturated heterocycles. The van der Waals surface area contributed by atoms with Gasteiger partial charge in [-0.15, -0.1) is 0 Å². The number of sulfonamides is 1. The van der Waals surface area contributed by atoms with E-state index < -0.39 is 34.6 Å². The fourth-order valence-corrected chi connectivity index (χ4v) is 2.89. The number of nitrogens with zero attached hydrogens (tertiary/aromatic N) is 1. The zero-order valence-corrected chi connectivity index (χ0v) is 13.2. The minimum atomic E-state index is -4.12. The number of nitrogens with one attached hydrogen (secondary N) is 1. The second-order valence-electron chi connectivity index (χ2n) is 4.27. The normalized spacial score (nSPS) is 12.7. The Morgan fingerprint density at radius 1 is 1.45 bits per heavy atom. The van der Waals surface area contributed by atoms with Crippen LogP contribution >= 0.6 is 0 Å². The van der Waals surface area contributed by atoms with Crippen molar-refractivity contribution in [2.75, 3.05) is 20.3 Å². The summed E-state index contributed by atoms with van der Waals surface area (Å²) in [6.07, 6.45) is 1.19. The third-order valence-corrected chi connectivity index (χ3v) is 4.18. The number of rotatable bonds is 7. The molecule has 0 unspecified atom stereocenters. The van der Waals surface area contributed by atoms with E-state index in [-0.39, 0.29) is 17.2 Å². The maximum absolute atomic E-state index is 12.2. The van der Waals surface area contributed by atoms with Crippen molar-refractivity contribution in [3.05, 3.63) is 18.0 Å². The highest BCUT2D eigenvalue weighted by Crippen LogP contribution is 2.15. The van der Waals surface area contributed by atoms with Gasteiger partial charge in [0.2, 0.25) is 10.0 Å². The van der Waals surface area contributed by atoms with E-state index >= 15 is 0 Å². The molecule has 1 heterocycles. The van der Waals surface area contributed by atoms with Crippen LogP contribution in [0.3, 0.4) is 0 Å². The van der Waals surface area contributed by atoms with Gasteiger partial charge < -0.3 is 19.1 Å². The summed E-state index contributed by atoms with van der Waals surface area (Å²) < 4.78 is 36.8. The molecule has 0 aliphatic heterocycles. The second-order valence-corrected chi connectivity index (χ2v) is 5.99. The van der Waals surface area contributed by atoms with Crippen LogP contribution in [0.4, 0.5) is 0 Å². The molecule has 1 aromatic heterocycles. The molecule has 0 aromatic carbocycles. The summed E-state index contributed by atoms with van der Waals surface area (Å²) in [6, 6.07) is -0.312. The molecule has 0 aliphatic carbocycles. The van der Waals surface area contributed by atoms with Gasteiger partial charge in [-0.2, -0.15) is 4.72 Å². The van der Waals surface area contributed by atoms with Gasteiger partial charge >= 0.3 is 11.9 Å². The van der Waals surface area contributed by atoms with Gasteiger partial charge in [0.1, 0.15) is 16.6 Å². The van der Waals surface area contributed by atoms with E-state index in [9.17, 15) is 18.0 Å². The van der Waals surface area contributed by atoms with Gasteiger partial charge in [0.15, 0.2) is 0 Å². The van der Waals surface area contributed by atoms with Gasteiger partial charge in [0.25, 0.3) is 0 Å². The SMILES string of the molecule is CCOC(=O)c1cc(S(=O)(=O)N[C@H](CO)C(=O)OC)cn1C. The molecule has 0 radical (unpaired) electrons. The Hall–Kier alpha value is -1.91. The first-order valence-electron chi connectivity index (χ1n) is 6.31. The smallest absolute Gasteiger partial charge is 0.354 e. The molecule has 0 fully saturated rings. The van der Waals surface area contributed by atoms with Crippen LogP contribution in [0.2, 0.25) is 0 Å². The molecule has 0 saturated carbocycles. The number of methoxy groups -OCH3 is 1. The maximum atomic E-state index is 12.2. The summed E-state index contributed by atoms with van der Waals surface area (Å²) in [5, 5.41) is 9.05. The van der Waals surface area contributed by atoms with Crippen LogP contribution in [-0.4, -0.2) is 56.4 Å². The van der Waals surface area contributed by atoms with Gasteiger partial charge in [0.05, 0.1) is 20.3 Å². The molecule has 0 bridgehead atoms. The van der Waals surface area contributed by atoms with Crippen molar-refractivity contribution in [2.24, 2.45) is 7.05 Å². The number of aryl methyl sites for hydroxylation is 1. The van der Waals surface area contributed by atoms with E-state index in [0.717, 1.165) is 13.2 Å². The highest BCUT2D eigenvalue weighted by atomic mass is 32.2. The van der Waals surface area contributed by atoms with E-state index in [0.29, 0.717) is 0 Å². The predicted octanol–water partition coefficient (Wildman–Crippen LogP) is -0.986. The van der Waals surface area contributed by atoms with Crippen LogP contribution in [-0.2, 0) is 31.3 Å². The van der Waals surface area contributed by atoms with Crippen LogP contribution in [0.15, 0.2) is 17.2 Å². The number of aromatic nitrogens is 1. The van der Waals surface area contributed by atoms with Crippen molar-refractivity contribution >= 4 is 22.0 Å². The first-order chi connectivity index (χ1) is 10.3. The Bertz CT molecular complexity index is 650. The molecular weight excluding hydrogens is 316 g/mol. The Labute approximate surface area is 127 Å². The minimum Gasteiger partial charge on any atom is -0.468 e. The molecule has 2 N–H and O–H groups in total. The standard InChI is InChI=1S/C12H18N2O7S/c1-4-21-12(17)10-5-8(6-14(10)2)22(18,19)13-9(7-15)11(16)20-3/h5-6,9,13,15H,4,7H2,1-3H3/t9-/m1/s1. The number of aliphatic hydroxyl groups is 1. The summed E-state index contributed by atoms with van der Waals surface area (Å²) in [5.41, 5.74) is 0.0424. The molecule has 22 heavy (non-hydrogen) atoms. The fourth-order valence-electron chi connectivity index (χ4n) is 1.65. The average molecular weight is 334 g/mol. The Morgan fingerprint density at radius 3 is 2.59 bits per heavy atom. The van der Waals surface area contributed by atoms with E-state index in [2.05, 4.69) is 4.74 Å². The van der Waals surface area contributed by atoms with Gasteiger partial charge in [-0.05, 0) is 13.0 Å². The molecule has 9 nitrogen and oxygen atoms in total. The third-order valence-electron chi connectivity index (χ3n) is 2.74. The molecule has 0 spiro atoms. The highest BCUT2D eigenvalue weighted by molar-refractivity contribution is 7.89. The average Bonchev–Trinajstić information content (AvgIpc) is 2.87. The van der Waals surface area contributed by atoms with Crippen LogP contribution in [0, 0.1) is 0 Å². The number of carbonyl (C=O) groups excluding carboxylic acids is 2. The van der Waals surface area contributed by atoms with E-state index in [1.165, 1.54) is 17.8 Å². The summed E-state index contributed by atoms with van der Waals surface area (Å²) in [7, 11) is -1.56. The number of carbonyl (C=O) groups is 2. The lowest BCUT2D eigenvalue weighted by molar-refractivity contribution is -0.143. The molecule has 1 aromatic rings. The highest BCUT2D eigenvalue weighted by Gasteiger charge is 2.28. The van der Waals surface area contributed by atoms with Crippen molar-refractivity contribution in [1.82, 2.24) is 9.29 Å². The van der Waals surface area contributed by atoms with Crippen molar-refractivity contribution in [2.45, 2.75) is 17.9 Å². The lowest BCUT2D eigenvalue weighted by Crippen LogP contribution is -2.43. The van der Waals surface area contributed by atoms with Gasteiger partial charge in [0, 0.05) is 13.2 Å². The van der Waals surface area contributed by atoms with Crippen LogP contribution in [0.25, 0.3) is 0 Å². The largest absolute Gasteiger partial charge is 0.468 e. The summed E-state index contributed by atoms with van der Waals surface area (Å²) in [4.78, 5) is 22.8. The minimum absolute atomic E-state index is 0.0424. The van der Waals surface area contributed by atoms with Crippen molar-refractivity contribution in [1.29, 1.82) is 0 Å². The van der Waals surface area contributed by atoms with E-state index in [1.54, 1.807) is 6.92 Å². The molecule has 0 amide bonds. The molecule has 1 atom stereocenters. The van der Waals surface area contributed by atoms with Crippen molar-refractivity contribution in [3.8, 4) is 0 Å². The molecule has 1 rings (SSSR count). The third kappa shape index (κ3) is 4.06. The molecular formula is C12H18N2O7S. The number of hydrogen-bond acceptors (Lipinski definition) is 7. The Balaban J connectivity index is 3.06. The van der Waals surface area contributed by atoms with Crippen LogP contribution in [0.1, 0.15) is 17.4 Å². The van der Waals surface area contributed by atoms with Crippen LogP contribution < -0.4 is 4.72 Å². The molecule has 124 valence electrons. The van der Waals surface area contributed by atoms with Crippen molar-refractivity contribution < 1.29 is 32.6 Å². The number of ether oxygens (including phenoxy) is 2. The summed E-state index contributed by atoms with van der Waals surface area (Å²) in [6.45, 7) is 1.02. The molecule has 0 aliphatic rings. The number of aliphatic hydroxyl groups excluding tert-OH is 1. The first kappa shape index (κ1) is 18.1. The van der Waals surface area contributed by atoms with Gasteiger partial charge in [-0.25, -0.2) is 13.2 Å².